The molecule has 0 aliphatic carbocycles. The molecule has 0 saturated heterocycles. The van der Waals surface area contributed by atoms with Gasteiger partial charge in [-0.05, 0) is 38.1 Å². The summed E-state index contributed by atoms with van der Waals surface area (Å²) in [5, 5.41) is 1.04. The van der Waals surface area contributed by atoms with Crippen molar-refractivity contribution in [3.63, 3.8) is 0 Å². The quantitative estimate of drug-likeness (QED) is 0.483. The fraction of sp³-hybridized carbons (Fsp3) is 0.217. The highest BCUT2D eigenvalue weighted by Crippen LogP contribution is 2.36. The van der Waals surface area contributed by atoms with E-state index in [1.807, 2.05) is 42.1 Å². The molecular weight excluding hydrogens is 370 g/mol. The molecule has 3 aromatic rings. The van der Waals surface area contributed by atoms with Crippen molar-refractivity contribution in [2.45, 2.75) is 20.0 Å². The molecule has 6 heteroatoms. The van der Waals surface area contributed by atoms with E-state index in [2.05, 4.69) is 0 Å². The standard InChI is InChI=1S/C23H21NO5/c1-4-27-23(26)14(2)28-16-9-10-18-20(12-16)29-21(22(18)25)11-15-13-24(3)19-8-6-5-7-17(15)19/h5-14H,4H2,1-3H3/t14-/m0/s1. The van der Waals surface area contributed by atoms with Gasteiger partial charge in [0.25, 0.3) is 0 Å². The van der Waals surface area contributed by atoms with E-state index in [1.54, 1.807) is 38.1 Å². The molecule has 1 aliphatic rings. The Morgan fingerprint density at radius 3 is 2.83 bits per heavy atom. The number of aryl methyl sites for hydroxylation is 1. The average molecular weight is 391 g/mol. The third-order valence-corrected chi connectivity index (χ3v) is 4.79. The number of nitrogens with zero attached hydrogens (tertiary/aromatic N) is 1. The Balaban J connectivity index is 1.60. The molecule has 29 heavy (non-hydrogen) atoms. The summed E-state index contributed by atoms with van der Waals surface area (Å²) in [6.07, 6.45) is 2.97. The lowest BCUT2D eigenvalue weighted by molar-refractivity contribution is -0.150. The maximum Gasteiger partial charge on any atom is 0.347 e. The molecule has 0 fully saturated rings. The van der Waals surface area contributed by atoms with Crippen molar-refractivity contribution >= 4 is 28.7 Å². The number of ether oxygens (including phenoxy) is 3. The van der Waals surface area contributed by atoms with E-state index in [1.165, 1.54) is 0 Å². The Kier molecular flexibility index (Phi) is 4.84. The number of rotatable bonds is 5. The maximum absolute atomic E-state index is 12.8. The number of esters is 1. The summed E-state index contributed by atoms with van der Waals surface area (Å²) < 4.78 is 18.4. The van der Waals surface area contributed by atoms with Crippen LogP contribution in [0.4, 0.5) is 0 Å². The van der Waals surface area contributed by atoms with E-state index in [0.717, 1.165) is 16.5 Å². The van der Waals surface area contributed by atoms with Gasteiger partial charge < -0.3 is 18.8 Å². The number of ketones is 1. The van der Waals surface area contributed by atoms with Crippen molar-refractivity contribution < 1.29 is 23.8 Å². The topological polar surface area (TPSA) is 66.8 Å². The summed E-state index contributed by atoms with van der Waals surface area (Å²) in [5.41, 5.74) is 2.45. The van der Waals surface area contributed by atoms with Gasteiger partial charge in [0.1, 0.15) is 11.5 Å². The van der Waals surface area contributed by atoms with Crippen LogP contribution in [-0.2, 0) is 16.6 Å². The van der Waals surface area contributed by atoms with E-state index in [9.17, 15) is 9.59 Å². The van der Waals surface area contributed by atoms with Crippen molar-refractivity contribution in [3.05, 3.63) is 65.5 Å². The van der Waals surface area contributed by atoms with Crippen molar-refractivity contribution in [1.29, 1.82) is 0 Å². The van der Waals surface area contributed by atoms with Crippen molar-refractivity contribution in [1.82, 2.24) is 4.57 Å². The fourth-order valence-electron chi connectivity index (χ4n) is 3.38. The van der Waals surface area contributed by atoms with Crippen LogP contribution in [0.2, 0.25) is 0 Å². The normalized spacial score (nSPS) is 15.3. The van der Waals surface area contributed by atoms with Gasteiger partial charge in [0.05, 0.1) is 12.2 Å². The molecule has 6 nitrogen and oxygen atoms in total. The first-order chi connectivity index (χ1) is 14.0. The largest absolute Gasteiger partial charge is 0.479 e. The van der Waals surface area contributed by atoms with E-state index in [0.29, 0.717) is 17.1 Å². The number of fused-ring (bicyclic) bond motifs is 2. The van der Waals surface area contributed by atoms with Crippen LogP contribution in [0.5, 0.6) is 11.5 Å². The highest BCUT2D eigenvalue weighted by molar-refractivity contribution is 6.15. The van der Waals surface area contributed by atoms with Gasteiger partial charge in [0.2, 0.25) is 5.78 Å². The first-order valence-electron chi connectivity index (χ1n) is 9.43. The van der Waals surface area contributed by atoms with Crippen LogP contribution in [0.25, 0.3) is 17.0 Å². The zero-order valence-corrected chi connectivity index (χ0v) is 16.5. The number of allylic oxidation sites excluding steroid dienone is 1. The molecule has 1 aromatic heterocycles. The second-order valence-electron chi connectivity index (χ2n) is 6.82. The summed E-state index contributed by atoms with van der Waals surface area (Å²) in [7, 11) is 1.96. The highest BCUT2D eigenvalue weighted by Gasteiger charge is 2.28. The predicted octanol–water partition coefficient (Wildman–Crippen LogP) is 4.12. The van der Waals surface area contributed by atoms with Crippen LogP contribution in [0.3, 0.4) is 0 Å². The molecule has 0 amide bonds. The lowest BCUT2D eigenvalue weighted by Gasteiger charge is -2.13. The summed E-state index contributed by atoms with van der Waals surface area (Å²) in [6, 6.07) is 12.9. The van der Waals surface area contributed by atoms with Gasteiger partial charge in [0, 0.05) is 35.8 Å². The summed E-state index contributed by atoms with van der Waals surface area (Å²) >= 11 is 0. The van der Waals surface area contributed by atoms with E-state index < -0.39 is 12.1 Å². The average Bonchev–Trinajstić information content (AvgIpc) is 3.19. The number of Topliss-reactive ketones (excluding diaryl/α,β-unsaturated/α-hetero) is 1. The summed E-state index contributed by atoms with van der Waals surface area (Å²) in [4.78, 5) is 24.5. The molecule has 1 aliphatic heterocycles. The molecule has 1 atom stereocenters. The van der Waals surface area contributed by atoms with E-state index in [-0.39, 0.29) is 18.1 Å². The first kappa shape index (κ1) is 18.8. The lowest BCUT2D eigenvalue weighted by atomic mass is 10.1. The minimum Gasteiger partial charge on any atom is -0.479 e. The van der Waals surface area contributed by atoms with Gasteiger partial charge in [-0.2, -0.15) is 0 Å². The minimum atomic E-state index is -0.754. The third kappa shape index (κ3) is 3.49. The van der Waals surface area contributed by atoms with Gasteiger partial charge in [-0.15, -0.1) is 0 Å². The van der Waals surface area contributed by atoms with Crippen molar-refractivity contribution in [2.75, 3.05) is 6.61 Å². The van der Waals surface area contributed by atoms with E-state index >= 15 is 0 Å². The SMILES string of the molecule is CCOC(=O)[C@H](C)Oc1ccc2c(c1)OC(=Cc1cn(C)c3ccccc13)C2=O. The fourth-order valence-corrected chi connectivity index (χ4v) is 3.38. The van der Waals surface area contributed by atoms with Crippen LogP contribution < -0.4 is 9.47 Å². The highest BCUT2D eigenvalue weighted by atomic mass is 16.6. The number of hydrogen-bond donors (Lipinski definition) is 0. The van der Waals surface area contributed by atoms with Crippen molar-refractivity contribution in [2.24, 2.45) is 7.05 Å². The lowest BCUT2D eigenvalue weighted by Crippen LogP contribution is -2.26. The van der Waals surface area contributed by atoms with E-state index in [4.69, 9.17) is 14.2 Å². The molecule has 0 spiro atoms. The maximum atomic E-state index is 12.8. The number of carbonyl (C=O) groups excluding carboxylic acids is 2. The minimum absolute atomic E-state index is 0.182. The summed E-state index contributed by atoms with van der Waals surface area (Å²) in [6.45, 7) is 3.64. The Morgan fingerprint density at radius 2 is 2.03 bits per heavy atom. The predicted molar refractivity (Wildman–Crippen MR) is 109 cm³/mol. The van der Waals surface area contributed by atoms with Crippen LogP contribution in [0, 0.1) is 0 Å². The Labute approximate surface area is 168 Å². The first-order valence-corrected chi connectivity index (χ1v) is 9.43. The van der Waals surface area contributed by atoms with Gasteiger partial charge in [0.15, 0.2) is 11.9 Å². The molecule has 2 aromatic carbocycles. The van der Waals surface area contributed by atoms with Crippen molar-refractivity contribution in [3.8, 4) is 11.5 Å². The van der Waals surface area contributed by atoms with Crippen LogP contribution in [-0.4, -0.2) is 29.0 Å². The Morgan fingerprint density at radius 1 is 1.24 bits per heavy atom. The van der Waals surface area contributed by atoms with Crippen LogP contribution in [0.1, 0.15) is 29.8 Å². The number of para-hydroxylation sites is 1. The van der Waals surface area contributed by atoms with Gasteiger partial charge >= 0.3 is 5.97 Å². The molecule has 0 N–H and O–H groups in total. The van der Waals surface area contributed by atoms with Crippen LogP contribution in [0.15, 0.2) is 54.4 Å². The number of aromatic nitrogens is 1. The molecule has 0 saturated carbocycles. The molecule has 4 rings (SSSR count). The monoisotopic (exact) mass is 391 g/mol. The summed E-state index contributed by atoms with van der Waals surface area (Å²) in [5.74, 6) is 0.477. The molecule has 0 unspecified atom stereocenters. The third-order valence-electron chi connectivity index (χ3n) is 4.79. The Bertz CT molecular complexity index is 1140. The Hall–Kier alpha value is -3.54. The number of carbonyl (C=O) groups is 2. The number of hydrogen-bond acceptors (Lipinski definition) is 5. The molecule has 0 radical (unpaired) electrons. The molecular formula is C23H21NO5. The molecule has 0 bridgehead atoms. The number of benzene rings is 2. The zero-order chi connectivity index (χ0) is 20.5. The second-order valence-corrected chi connectivity index (χ2v) is 6.82. The molecule has 2 heterocycles. The molecule has 148 valence electrons. The van der Waals surface area contributed by atoms with Crippen LogP contribution >= 0.6 is 0 Å². The van der Waals surface area contributed by atoms with Gasteiger partial charge in [-0.3, -0.25) is 4.79 Å². The smallest absolute Gasteiger partial charge is 0.347 e. The van der Waals surface area contributed by atoms with Gasteiger partial charge in [-0.1, -0.05) is 18.2 Å². The second kappa shape index (κ2) is 7.47. The van der Waals surface area contributed by atoms with Gasteiger partial charge in [-0.25, -0.2) is 4.79 Å². The zero-order valence-electron chi connectivity index (χ0n) is 16.5.